The van der Waals surface area contributed by atoms with Crippen LogP contribution in [0.3, 0.4) is 0 Å². The van der Waals surface area contributed by atoms with Gasteiger partial charge in [0.25, 0.3) is 5.56 Å². The van der Waals surface area contributed by atoms with Crippen LogP contribution in [0.4, 0.5) is 23.4 Å². The van der Waals surface area contributed by atoms with Crippen LogP contribution in [0.25, 0.3) is 44.7 Å². The van der Waals surface area contributed by atoms with E-state index >= 15 is 0 Å². The van der Waals surface area contributed by atoms with Crippen molar-refractivity contribution in [2.45, 2.75) is 312 Å². The largest absolute Gasteiger partial charge is 0.473 e. The van der Waals surface area contributed by atoms with E-state index in [-0.39, 0.29) is 62.6 Å². The van der Waals surface area contributed by atoms with Crippen molar-refractivity contribution in [2.24, 2.45) is 21.7 Å². The summed E-state index contributed by atoms with van der Waals surface area (Å²) in [6.45, 7) is 43.2. The minimum atomic E-state index is -4.47. The first-order valence-corrected chi connectivity index (χ1v) is 41.4. The highest BCUT2D eigenvalue weighted by Gasteiger charge is 2.54. The van der Waals surface area contributed by atoms with Crippen LogP contribution >= 0.6 is 14.5 Å². The molecule has 4 fully saturated rings. The number of fused-ring (bicyclic) bond motifs is 4. The zero-order chi connectivity index (χ0) is 84.4. The lowest BCUT2D eigenvalue weighted by atomic mass is 9.87. The molecule has 41 heteroatoms. The molecular weight excluding hydrogens is 1530 g/mol. The molecule has 6 unspecified atom stereocenters. The number of hydrogen-bond donors (Lipinski definition) is 11. The Bertz CT molecular complexity index is 4580. The van der Waals surface area contributed by atoms with Crippen molar-refractivity contribution >= 4 is 94.4 Å². The average molecular weight is 1650 g/mol. The highest BCUT2D eigenvalue weighted by molar-refractivity contribution is 8.07. The van der Waals surface area contributed by atoms with E-state index < -0.39 is 128 Å². The van der Waals surface area contributed by atoms with Gasteiger partial charge < -0.3 is 86.1 Å². The third-order valence-corrected chi connectivity index (χ3v) is 20.5. The molecule has 38 nitrogen and oxygen atoms in total. The van der Waals surface area contributed by atoms with Crippen molar-refractivity contribution < 1.29 is 81.3 Å². The molecule has 4 aliphatic heterocycles. The first-order valence-electron chi connectivity index (χ1n) is 37.3. The van der Waals surface area contributed by atoms with Gasteiger partial charge in [0.05, 0.1) is 72.1 Å². The number of nitrogens with zero attached hydrogens (tertiary/aromatic N) is 15. The van der Waals surface area contributed by atoms with Crippen molar-refractivity contribution in [3.8, 4) is 0 Å². The van der Waals surface area contributed by atoms with Gasteiger partial charge in [-0.25, -0.2) is 54.4 Å². The summed E-state index contributed by atoms with van der Waals surface area (Å²) in [5, 5.41) is 44.1. The molecule has 0 amide bonds. The van der Waals surface area contributed by atoms with Crippen LogP contribution in [-0.2, 0) is 62.9 Å². The van der Waals surface area contributed by atoms with E-state index in [1.165, 1.54) is 42.5 Å². The van der Waals surface area contributed by atoms with Crippen molar-refractivity contribution in [3.63, 3.8) is 0 Å². The number of nitrogens with one attached hydrogen (secondary N) is 1. The van der Waals surface area contributed by atoms with Crippen molar-refractivity contribution in [1.82, 2.24) is 78.1 Å². The van der Waals surface area contributed by atoms with Gasteiger partial charge in [-0.2, -0.15) is 4.98 Å². The molecule has 0 spiro atoms. The molecule has 4 aliphatic rings. The van der Waals surface area contributed by atoms with Crippen LogP contribution in [0.5, 0.6) is 0 Å². The van der Waals surface area contributed by atoms with Crippen LogP contribution in [-0.4, -0.2) is 204 Å². The normalized spacial score (nSPS) is 27.3. The minimum absolute atomic E-state index is 0.0181. The fourth-order valence-corrected chi connectivity index (χ4v) is 17.2. The number of aromatic amines is 1. The van der Waals surface area contributed by atoms with E-state index in [9.17, 15) is 39.6 Å². The van der Waals surface area contributed by atoms with Gasteiger partial charge in [0.1, 0.15) is 84.4 Å². The van der Waals surface area contributed by atoms with E-state index in [0.29, 0.717) is 58.6 Å². The SMILES string of the molecule is CC(C)(C)C[C@H]1O[C@@H](n2cnc3c(=O)[nH]c(N)nc32)C(O)[C@H]1OC(C)(C)C.CC(C)(C)C[C@H]1O[C@@H](n2cnc3c(N)ncnc32)C(O)[C@H]1OC(C)(C)C.CC(C)(C)C[C@H]1O[C@@H](n2cnc3c(N)ncnc32)C(O)[C@H]1OP(=O)(O)OC(C)(C)C.CC(C)(C)C[C@H]1O[C@@H](n2cnc3c(N)ncnc32)C(O)[C@H]1OP(O)(=S)OC(C)(C)C. The predicted molar refractivity (Wildman–Crippen MR) is 425 cm³/mol. The number of nitrogens with two attached hydrogens (primary N) is 4. The Morgan fingerprint density at radius 1 is 0.416 bits per heavy atom. The molecule has 0 bridgehead atoms. The average Bonchev–Trinajstić information content (AvgIpc) is 1.63. The second-order valence-electron chi connectivity index (χ2n) is 37.7. The van der Waals surface area contributed by atoms with E-state index in [1.807, 2.05) is 83.1 Å². The molecule has 18 atom stereocenters. The number of anilines is 4. The van der Waals surface area contributed by atoms with E-state index in [2.05, 4.69) is 101 Å². The molecule has 113 heavy (non-hydrogen) atoms. The standard InChI is InChI=1S/C18H30N5O6P.C18H30N5O5PS.C18H29N5O4.C18H29N5O3/c1-17(2,3)7-10-13(28-30(25,26)29-18(4,5)6)12(24)16(27-10)23-9-22-11-14(19)20-8-21-15(11)23;1-17(2,3)7-10-13(27-29(25,30)28-18(4,5)6)12(24)16(26-10)23-9-22-11-14(19)20-8-21-15(11)23;1-17(2,3)7-9-12(27-18(4,5)6)11(24)15(26-9)23-8-20-10-13(23)21-16(19)22-14(10)25;1-17(2,3)7-10-13(26-18(4,5)6)12(24)16(25-10)23-9-22-11-14(19)20-8-21-15(11)23/h8-10,12-13,16,24H,7H2,1-6H3,(H,25,26)(H2,19,20,21);8-10,12-13,16,24H,7H2,1-6H3,(H,25,30)(H2,19,20,21);8-9,11-12,15,24H,7H2,1-6H3,(H3,19,21,22,25);8-10,12-13,16,24H,7H2,1-6H3,(H2,19,20,21)/t10-,12?,13+,16-;10-,12?,13+,16-,29?;9-,11?,12+,15-;10-,12?,13+,16-/m1111/s1. The number of rotatable bonds is 16. The maximum Gasteiger partial charge on any atom is 0.473 e. The molecular formula is C72H118N20O18P2S. The zero-order valence-electron chi connectivity index (χ0n) is 69.0. The summed E-state index contributed by atoms with van der Waals surface area (Å²) in [5.74, 6) is 0.712. The fraction of sp³-hybridized carbons (Fsp3) is 0.722. The summed E-state index contributed by atoms with van der Waals surface area (Å²) in [7, 11) is -4.47. The monoisotopic (exact) mass is 1640 g/mol. The molecule has 12 rings (SSSR count). The van der Waals surface area contributed by atoms with E-state index in [4.69, 9.17) is 81.3 Å². The Morgan fingerprint density at radius 3 is 1.00 bits per heavy atom. The molecule has 8 aromatic heterocycles. The summed E-state index contributed by atoms with van der Waals surface area (Å²) >= 11 is 5.21. The number of nitrogen functional groups attached to an aromatic ring is 4. The Balaban J connectivity index is 0.000000173. The Kier molecular flexibility index (Phi) is 26.7. The maximum atomic E-state index is 12.6. The van der Waals surface area contributed by atoms with Crippen molar-refractivity contribution in [3.05, 3.63) is 54.6 Å². The van der Waals surface area contributed by atoms with Gasteiger partial charge >= 0.3 is 14.5 Å². The smallest absolute Gasteiger partial charge is 0.386 e. The Morgan fingerprint density at radius 2 is 0.699 bits per heavy atom. The number of ether oxygens (including phenoxy) is 6. The zero-order valence-corrected chi connectivity index (χ0v) is 71.6. The number of aliphatic hydroxyl groups is 4. The first kappa shape index (κ1) is 90.4. The molecule has 0 saturated carbocycles. The lowest BCUT2D eigenvalue weighted by molar-refractivity contribution is -0.117. The number of hydrogen-bond acceptors (Lipinski definition) is 32. The van der Waals surface area contributed by atoms with Crippen molar-refractivity contribution in [1.29, 1.82) is 0 Å². The molecule has 8 aromatic rings. The lowest BCUT2D eigenvalue weighted by Crippen LogP contribution is -2.41. The van der Waals surface area contributed by atoms with Gasteiger partial charge in [-0.1, -0.05) is 83.1 Å². The second kappa shape index (κ2) is 33.4. The highest BCUT2D eigenvalue weighted by Crippen LogP contribution is 2.55. The fourth-order valence-electron chi connectivity index (χ4n) is 13.6. The highest BCUT2D eigenvalue weighted by atomic mass is 32.5. The van der Waals surface area contributed by atoms with Crippen LogP contribution in [0.1, 0.15) is 217 Å². The number of phosphoric ester groups is 1. The van der Waals surface area contributed by atoms with Gasteiger partial charge in [-0.05, 0) is 142 Å². The quantitative estimate of drug-likeness (QED) is 0.0402. The van der Waals surface area contributed by atoms with Crippen LogP contribution in [0, 0.1) is 21.7 Å². The number of aromatic nitrogens is 16. The molecule has 630 valence electrons. The first-order chi connectivity index (χ1) is 51.7. The Hall–Kier alpha value is -6.56. The number of H-pyrrole nitrogens is 1. The summed E-state index contributed by atoms with van der Waals surface area (Å²) in [6, 6.07) is 0. The van der Waals surface area contributed by atoms with Gasteiger partial charge in [-0.15, -0.1) is 0 Å². The summed E-state index contributed by atoms with van der Waals surface area (Å²) in [6.07, 6.45) is 0.194. The molecule has 0 aliphatic carbocycles. The van der Waals surface area contributed by atoms with E-state index in [0.717, 1.165) is 6.42 Å². The summed E-state index contributed by atoms with van der Waals surface area (Å²) < 4.78 is 77.9. The molecule has 12 heterocycles. The van der Waals surface area contributed by atoms with Gasteiger partial charge in [-0.3, -0.25) is 41.6 Å². The van der Waals surface area contributed by atoms with E-state index in [1.54, 1.807) is 61.6 Å². The number of phosphoric acid groups is 1. The molecule has 0 radical (unpaired) electrons. The van der Waals surface area contributed by atoms with Gasteiger partial charge in [0.2, 0.25) is 5.95 Å². The molecule has 0 aromatic carbocycles. The molecule has 15 N–H and O–H groups in total. The maximum absolute atomic E-state index is 12.6. The lowest BCUT2D eigenvalue weighted by Gasteiger charge is -2.32. The third kappa shape index (κ3) is 23.4. The third-order valence-electron chi connectivity index (χ3n) is 17.5. The molecule has 4 saturated heterocycles. The second-order valence-corrected chi connectivity index (χ2v) is 41.7. The number of aliphatic hydroxyl groups excluding tert-OH is 4. The summed E-state index contributed by atoms with van der Waals surface area (Å²) in [5.41, 5.74) is 23.1. The van der Waals surface area contributed by atoms with Gasteiger partial charge in [0, 0.05) is 0 Å². The van der Waals surface area contributed by atoms with Gasteiger partial charge in [0.15, 0.2) is 70.5 Å². The Labute approximate surface area is 662 Å². The van der Waals surface area contributed by atoms with Crippen LogP contribution in [0.15, 0.2) is 49.1 Å². The topological polar surface area (TPSA) is 529 Å². The predicted octanol–water partition coefficient (Wildman–Crippen LogP) is 8.79. The van der Waals surface area contributed by atoms with Crippen molar-refractivity contribution in [2.75, 3.05) is 22.9 Å². The van der Waals surface area contributed by atoms with Crippen LogP contribution < -0.4 is 28.5 Å². The minimum Gasteiger partial charge on any atom is -0.386 e. The summed E-state index contributed by atoms with van der Waals surface area (Å²) in [4.78, 5) is 80.8. The number of imidazole rings is 4. The van der Waals surface area contributed by atoms with Crippen LogP contribution in [0.2, 0.25) is 0 Å².